The molecule has 2 N–H and O–H groups in total. The highest BCUT2D eigenvalue weighted by molar-refractivity contribution is 7.89. The summed E-state index contributed by atoms with van der Waals surface area (Å²) < 4.78 is 31.8. The van der Waals surface area contributed by atoms with Crippen molar-refractivity contribution in [3.05, 3.63) is 29.8 Å². The SMILES string of the molecule is CC(C)NC(=O)NC(=O)C(C)OC(=O)Cc1ccc(S(=O)(=O)N2CCCCC2)cc1. The van der Waals surface area contributed by atoms with Crippen molar-refractivity contribution >= 4 is 27.9 Å². The number of urea groups is 1. The predicted octanol–water partition coefficient (Wildman–Crippen LogP) is 1.57. The van der Waals surface area contributed by atoms with Crippen molar-refractivity contribution in [2.24, 2.45) is 0 Å². The lowest BCUT2D eigenvalue weighted by molar-refractivity contribution is -0.153. The van der Waals surface area contributed by atoms with Gasteiger partial charge in [0.1, 0.15) is 0 Å². The van der Waals surface area contributed by atoms with Crippen LogP contribution in [0.3, 0.4) is 0 Å². The number of ether oxygens (including phenoxy) is 1. The molecule has 0 spiro atoms. The third kappa shape index (κ3) is 6.81. The summed E-state index contributed by atoms with van der Waals surface area (Å²) in [5.41, 5.74) is 0.558. The number of carbonyl (C=O) groups excluding carboxylic acids is 3. The van der Waals surface area contributed by atoms with Crippen LogP contribution in [0, 0.1) is 0 Å². The second kappa shape index (κ2) is 10.5. The molecular weight excluding hydrogens is 410 g/mol. The van der Waals surface area contributed by atoms with Gasteiger partial charge >= 0.3 is 12.0 Å². The standard InChI is InChI=1S/C20H29N3O6S/c1-14(2)21-20(26)22-19(25)15(3)29-18(24)13-16-7-9-17(10-8-16)30(27,28)23-11-5-4-6-12-23/h7-10,14-15H,4-6,11-13H2,1-3H3,(H2,21,22,25,26). The lowest BCUT2D eigenvalue weighted by Crippen LogP contribution is -2.46. The van der Waals surface area contributed by atoms with Crippen LogP contribution in [-0.2, 0) is 30.8 Å². The fourth-order valence-electron chi connectivity index (χ4n) is 3.00. The summed E-state index contributed by atoms with van der Waals surface area (Å²) in [5, 5.41) is 4.60. The van der Waals surface area contributed by atoms with Crippen molar-refractivity contribution in [2.75, 3.05) is 13.1 Å². The molecule has 9 nitrogen and oxygen atoms in total. The first-order valence-electron chi connectivity index (χ1n) is 9.99. The van der Waals surface area contributed by atoms with Crippen molar-refractivity contribution < 1.29 is 27.5 Å². The van der Waals surface area contributed by atoms with Gasteiger partial charge in [-0.3, -0.25) is 14.9 Å². The summed E-state index contributed by atoms with van der Waals surface area (Å²) in [5.74, 6) is -1.39. The molecule has 1 heterocycles. The second-order valence-electron chi connectivity index (χ2n) is 7.53. The molecule has 30 heavy (non-hydrogen) atoms. The quantitative estimate of drug-likeness (QED) is 0.622. The highest BCUT2D eigenvalue weighted by atomic mass is 32.2. The number of amides is 3. The van der Waals surface area contributed by atoms with Gasteiger partial charge in [0, 0.05) is 19.1 Å². The minimum absolute atomic E-state index is 0.125. The van der Waals surface area contributed by atoms with E-state index < -0.39 is 34.0 Å². The Balaban J connectivity index is 1.89. The summed E-state index contributed by atoms with van der Waals surface area (Å²) >= 11 is 0. The van der Waals surface area contributed by atoms with Crippen molar-refractivity contribution in [3.8, 4) is 0 Å². The van der Waals surface area contributed by atoms with Gasteiger partial charge < -0.3 is 10.1 Å². The Morgan fingerprint density at radius 2 is 1.63 bits per heavy atom. The molecule has 1 atom stereocenters. The average Bonchev–Trinajstić information content (AvgIpc) is 2.68. The first kappa shape index (κ1) is 23.8. The van der Waals surface area contributed by atoms with Gasteiger partial charge in [-0.2, -0.15) is 4.31 Å². The average molecular weight is 440 g/mol. The molecule has 0 aliphatic carbocycles. The van der Waals surface area contributed by atoms with E-state index in [4.69, 9.17) is 4.74 Å². The van der Waals surface area contributed by atoms with Crippen LogP contribution in [0.4, 0.5) is 4.79 Å². The van der Waals surface area contributed by atoms with Crippen LogP contribution in [0.1, 0.15) is 45.6 Å². The van der Waals surface area contributed by atoms with E-state index in [1.807, 2.05) is 0 Å². The second-order valence-corrected chi connectivity index (χ2v) is 9.47. The maximum absolute atomic E-state index is 12.7. The normalized spacial score (nSPS) is 16.0. The summed E-state index contributed by atoms with van der Waals surface area (Å²) in [6, 6.07) is 5.25. The van der Waals surface area contributed by atoms with Gasteiger partial charge in [-0.1, -0.05) is 18.6 Å². The molecule has 10 heteroatoms. The topological polar surface area (TPSA) is 122 Å². The summed E-state index contributed by atoms with van der Waals surface area (Å²) in [6.07, 6.45) is 1.47. The fourth-order valence-corrected chi connectivity index (χ4v) is 4.52. The van der Waals surface area contributed by atoms with E-state index in [2.05, 4.69) is 10.6 Å². The van der Waals surface area contributed by atoms with Gasteiger partial charge in [0.25, 0.3) is 5.91 Å². The van der Waals surface area contributed by atoms with E-state index in [9.17, 15) is 22.8 Å². The van der Waals surface area contributed by atoms with Crippen LogP contribution in [-0.4, -0.2) is 55.9 Å². The Hall–Kier alpha value is -2.46. The van der Waals surface area contributed by atoms with Crippen molar-refractivity contribution in [3.63, 3.8) is 0 Å². The minimum atomic E-state index is -3.53. The molecular formula is C20H29N3O6S. The van der Waals surface area contributed by atoms with Crippen molar-refractivity contribution in [2.45, 2.75) is 63.5 Å². The summed E-state index contributed by atoms with van der Waals surface area (Å²) in [4.78, 5) is 35.7. The molecule has 1 aliphatic rings. The van der Waals surface area contributed by atoms with E-state index in [1.54, 1.807) is 26.0 Å². The number of rotatable bonds is 7. The number of nitrogens with zero attached hydrogens (tertiary/aromatic N) is 1. The number of hydrogen-bond donors (Lipinski definition) is 2. The van der Waals surface area contributed by atoms with Crippen LogP contribution in [0.25, 0.3) is 0 Å². The summed E-state index contributed by atoms with van der Waals surface area (Å²) in [6.45, 7) is 5.90. The van der Waals surface area contributed by atoms with Crippen molar-refractivity contribution in [1.82, 2.24) is 14.9 Å². The zero-order valence-electron chi connectivity index (χ0n) is 17.5. The van der Waals surface area contributed by atoms with E-state index in [-0.39, 0.29) is 17.4 Å². The largest absolute Gasteiger partial charge is 0.452 e. The highest BCUT2D eigenvalue weighted by Gasteiger charge is 2.26. The van der Waals surface area contributed by atoms with E-state index >= 15 is 0 Å². The third-order valence-electron chi connectivity index (χ3n) is 4.56. The number of sulfonamides is 1. The van der Waals surface area contributed by atoms with Gasteiger partial charge in [-0.15, -0.1) is 0 Å². The zero-order valence-corrected chi connectivity index (χ0v) is 18.3. The Morgan fingerprint density at radius 1 is 1.03 bits per heavy atom. The smallest absolute Gasteiger partial charge is 0.321 e. The lowest BCUT2D eigenvalue weighted by atomic mass is 10.1. The van der Waals surface area contributed by atoms with E-state index in [0.29, 0.717) is 18.7 Å². The van der Waals surface area contributed by atoms with E-state index in [0.717, 1.165) is 19.3 Å². The molecule has 3 amide bonds. The van der Waals surface area contributed by atoms with Gasteiger partial charge in [-0.25, -0.2) is 13.2 Å². The maximum atomic E-state index is 12.7. The van der Waals surface area contributed by atoms with Gasteiger partial charge in [0.15, 0.2) is 6.10 Å². The van der Waals surface area contributed by atoms with Gasteiger partial charge in [0.2, 0.25) is 10.0 Å². The third-order valence-corrected chi connectivity index (χ3v) is 6.47. The Labute approximate surface area is 177 Å². The number of nitrogens with one attached hydrogen (secondary N) is 2. The fraction of sp³-hybridized carbons (Fsp3) is 0.550. The van der Waals surface area contributed by atoms with Crippen LogP contribution in [0.5, 0.6) is 0 Å². The molecule has 1 saturated heterocycles. The van der Waals surface area contributed by atoms with Crippen LogP contribution < -0.4 is 10.6 Å². The Kier molecular flexibility index (Phi) is 8.36. The number of imide groups is 1. The molecule has 1 aromatic carbocycles. The number of carbonyl (C=O) groups is 3. The van der Waals surface area contributed by atoms with Crippen LogP contribution in [0.2, 0.25) is 0 Å². The molecule has 1 fully saturated rings. The number of hydrogen-bond acceptors (Lipinski definition) is 6. The first-order chi connectivity index (χ1) is 14.1. The van der Waals surface area contributed by atoms with Gasteiger partial charge in [-0.05, 0) is 51.3 Å². The number of benzene rings is 1. The molecule has 0 aromatic heterocycles. The summed E-state index contributed by atoms with van der Waals surface area (Å²) in [7, 11) is -3.53. The Morgan fingerprint density at radius 3 is 2.20 bits per heavy atom. The molecule has 166 valence electrons. The van der Waals surface area contributed by atoms with Gasteiger partial charge in [0.05, 0.1) is 11.3 Å². The predicted molar refractivity (Wildman–Crippen MR) is 110 cm³/mol. The zero-order chi connectivity index (χ0) is 22.3. The molecule has 0 radical (unpaired) electrons. The molecule has 0 bridgehead atoms. The number of esters is 1. The molecule has 0 saturated carbocycles. The molecule has 1 unspecified atom stereocenters. The first-order valence-corrected chi connectivity index (χ1v) is 11.4. The molecule has 1 aromatic rings. The molecule has 2 rings (SSSR count). The van der Waals surface area contributed by atoms with Crippen LogP contribution in [0.15, 0.2) is 29.2 Å². The number of piperidine rings is 1. The highest BCUT2D eigenvalue weighted by Crippen LogP contribution is 2.21. The van der Waals surface area contributed by atoms with Crippen LogP contribution >= 0.6 is 0 Å². The van der Waals surface area contributed by atoms with Crippen molar-refractivity contribution in [1.29, 1.82) is 0 Å². The Bertz CT molecular complexity index is 861. The molecule has 1 aliphatic heterocycles. The van der Waals surface area contributed by atoms with E-state index in [1.165, 1.54) is 23.4 Å². The lowest BCUT2D eigenvalue weighted by Gasteiger charge is -2.25. The maximum Gasteiger partial charge on any atom is 0.321 e. The monoisotopic (exact) mass is 439 g/mol. The minimum Gasteiger partial charge on any atom is -0.452 e.